The lowest BCUT2D eigenvalue weighted by atomic mass is 10.0. The van der Waals surface area contributed by atoms with Crippen molar-refractivity contribution in [1.29, 1.82) is 0 Å². The van der Waals surface area contributed by atoms with Crippen LogP contribution in [0.1, 0.15) is 24.8 Å². The van der Waals surface area contributed by atoms with Crippen LogP contribution in [0.3, 0.4) is 0 Å². The molecule has 0 unspecified atom stereocenters. The summed E-state index contributed by atoms with van der Waals surface area (Å²) >= 11 is 0. The summed E-state index contributed by atoms with van der Waals surface area (Å²) in [5.74, 6) is 0. The molecule has 0 aliphatic carbocycles. The zero-order valence-electron chi connectivity index (χ0n) is 11.6. The Balaban J connectivity index is 1.80. The number of likely N-dealkylation sites (tertiary alicyclic amines) is 1. The summed E-state index contributed by atoms with van der Waals surface area (Å²) in [7, 11) is 1.81. The van der Waals surface area contributed by atoms with E-state index in [-0.39, 0.29) is 0 Å². The van der Waals surface area contributed by atoms with Crippen LogP contribution in [0.25, 0.3) is 10.9 Å². The molecule has 0 amide bonds. The monoisotopic (exact) mass is 258 g/mol. The van der Waals surface area contributed by atoms with Gasteiger partial charge in [0.25, 0.3) is 0 Å². The standard InChI is InChI=1S/C16H22N2O/c1-19-12-14-6-2-3-10-18(14)11-13-5-4-7-16-15(13)8-9-17-16/h4-5,7-9,14,17H,2-3,6,10-12H2,1H3/t14-/m1/s1. The number of fused-ring (bicyclic) bond motifs is 1. The number of hydrogen-bond acceptors (Lipinski definition) is 2. The Morgan fingerprint density at radius 2 is 2.26 bits per heavy atom. The number of ether oxygens (including phenoxy) is 1. The minimum absolute atomic E-state index is 0.577. The van der Waals surface area contributed by atoms with Crippen LogP contribution >= 0.6 is 0 Å². The van der Waals surface area contributed by atoms with Crippen molar-refractivity contribution in [1.82, 2.24) is 9.88 Å². The highest BCUT2D eigenvalue weighted by atomic mass is 16.5. The second-order valence-electron chi connectivity index (χ2n) is 5.43. The fourth-order valence-corrected chi connectivity index (χ4v) is 3.16. The van der Waals surface area contributed by atoms with Crippen LogP contribution in [-0.2, 0) is 11.3 Å². The van der Waals surface area contributed by atoms with E-state index in [9.17, 15) is 0 Å². The summed E-state index contributed by atoms with van der Waals surface area (Å²) in [4.78, 5) is 5.87. The lowest BCUT2D eigenvalue weighted by Crippen LogP contribution is -2.41. The number of methoxy groups -OCH3 is 1. The first-order valence-corrected chi connectivity index (χ1v) is 7.16. The Morgan fingerprint density at radius 3 is 3.16 bits per heavy atom. The van der Waals surface area contributed by atoms with Crippen LogP contribution in [-0.4, -0.2) is 36.2 Å². The molecule has 1 fully saturated rings. The Bertz CT molecular complexity index is 532. The molecule has 19 heavy (non-hydrogen) atoms. The van der Waals surface area contributed by atoms with Crippen molar-refractivity contribution in [3.8, 4) is 0 Å². The SMILES string of the molecule is COC[C@H]1CCCCN1Cc1cccc2[nH]ccc12. The zero-order chi connectivity index (χ0) is 13.1. The molecule has 102 valence electrons. The van der Waals surface area contributed by atoms with E-state index in [1.165, 1.54) is 42.3 Å². The van der Waals surface area contributed by atoms with Gasteiger partial charge in [0.05, 0.1) is 6.61 Å². The number of hydrogen-bond donors (Lipinski definition) is 1. The quantitative estimate of drug-likeness (QED) is 0.912. The number of H-pyrrole nitrogens is 1. The van der Waals surface area contributed by atoms with Gasteiger partial charge in [-0.15, -0.1) is 0 Å². The highest BCUT2D eigenvalue weighted by Crippen LogP contribution is 2.23. The molecule has 3 heteroatoms. The molecule has 0 spiro atoms. The molecule has 0 radical (unpaired) electrons. The van der Waals surface area contributed by atoms with Gasteiger partial charge in [-0.05, 0) is 37.1 Å². The van der Waals surface area contributed by atoms with Crippen molar-refractivity contribution in [3.05, 3.63) is 36.0 Å². The summed E-state index contributed by atoms with van der Waals surface area (Å²) in [6.45, 7) is 3.07. The molecule has 0 bridgehead atoms. The first kappa shape index (κ1) is 12.7. The van der Waals surface area contributed by atoms with E-state index in [4.69, 9.17) is 4.74 Å². The van der Waals surface area contributed by atoms with Gasteiger partial charge in [-0.3, -0.25) is 4.90 Å². The lowest BCUT2D eigenvalue weighted by molar-refractivity contribution is 0.0603. The number of nitrogens with zero attached hydrogens (tertiary/aromatic N) is 1. The Labute approximate surface area is 114 Å². The van der Waals surface area contributed by atoms with Gasteiger partial charge in [0.15, 0.2) is 0 Å². The summed E-state index contributed by atoms with van der Waals surface area (Å²) in [5, 5.41) is 1.35. The van der Waals surface area contributed by atoms with E-state index < -0.39 is 0 Å². The van der Waals surface area contributed by atoms with Crippen molar-refractivity contribution in [2.45, 2.75) is 31.8 Å². The van der Waals surface area contributed by atoms with Gasteiger partial charge in [-0.2, -0.15) is 0 Å². The van der Waals surface area contributed by atoms with E-state index in [1.54, 1.807) is 7.11 Å². The molecular weight excluding hydrogens is 236 g/mol. The summed E-state index contributed by atoms with van der Waals surface area (Å²) in [6, 6.07) is 9.28. The Hall–Kier alpha value is -1.32. The van der Waals surface area contributed by atoms with Gasteiger partial charge >= 0.3 is 0 Å². The zero-order valence-corrected chi connectivity index (χ0v) is 11.6. The number of piperidine rings is 1. The molecule has 1 aliphatic rings. The molecule has 0 saturated carbocycles. The molecular formula is C16H22N2O. The van der Waals surface area contributed by atoms with E-state index in [2.05, 4.69) is 34.1 Å². The first-order valence-electron chi connectivity index (χ1n) is 7.16. The van der Waals surface area contributed by atoms with Crippen LogP contribution in [0.2, 0.25) is 0 Å². The molecule has 3 rings (SSSR count). The number of benzene rings is 1. The molecule has 2 heterocycles. The first-order chi connectivity index (χ1) is 9.38. The molecule has 3 nitrogen and oxygen atoms in total. The summed E-state index contributed by atoms with van der Waals surface area (Å²) < 4.78 is 5.37. The molecule has 1 aliphatic heterocycles. The second-order valence-corrected chi connectivity index (χ2v) is 5.43. The number of nitrogens with one attached hydrogen (secondary N) is 1. The van der Waals surface area contributed by atoms with Gasteiger partial charge in [-0.1, -0.05) is 18.6 Å². The van der Waals surface area contributed by atoms with Crippen molar-refractivity contribution in [2.75, 3.05) is 20.3 Å². The molecule has 1 saturated heterocycles. The highest BCUT2D eigenvalue weighted by molar-refractivity contribution is 5.82. The van der Waals surface area contributed by atoms with Crippen molar-refractivity contribution in [2.24, 2.45) is 0 Å². The smallest absolute Gasteiger partial charge is 0.0618 e. The van der Waals surface area contributed by atoms with Gasteiger partial charge in [0, 0.05) is 36.8 Å². The number of aromatic nitrogens is 1. The third-order valence-electron chi connectivity index (χ3n) is 4.17. The van der Waals surface area contributed by atoms with Gasteiger partial charge in [0.1, 0.15) is 0 Å². The summed E-state index contributed by atoms with van der Waals surface area (Å²) in [5.41, 5.74) is 2.65. The maximum absolute atomic E-state index is 5.37. The van der Waals surface area contributed by atoms with Crippen LogP contribution in [0.5, 0.6) is 0 Å². The molecule has 1 aromatic carbocycles. The topological polar surface area (TPSA) is 28.3 Å². The predicted molar refractivity (Wildman–Crippen MR) is 78.2 cm³/mol. The molecule has 1 atom stereocenters. The maximum Gasteiger partial charge on any atom is 0.0618 e. The minimum Gasteiger partial charge on any atom is -0.383 e. The van der Waals surface area contributed by atoms with Gasteiger partial charge in [-0.25, -0.2) is 0 Å². The highest BCUT2D eigenvalue weighted by Gasteiger charge is 2.22. The maximum atomic E-state index is 5.37. The third kappa shape index (κ3) is 2.67. The second kappa shape index (κ2) is 5.76. The summed E-state index contributed by atoms with van der Waals surface area (Å²) in [6.07, 6.45) is 5.93. The van der Waals surface area contributed by atoms with Crippen molar-refractivity contribution >= 4 is 10.9 Å². The minimum atomic E-state index is 0.577. The van der Waals surface area contributed by atoms with Gasteiger partial charge in [0.2, 0.25) is 0 Å². The number of aromatic amines is 1. The normalized spacial score (nSPS) is 21.0. The van der Waals surface area contributed by atoms with E-state index in [1.807, 2.05) is 6.20 Å². The predicted octanol–water partition coefficient (Wildman–Crippen LogP) is 3.17. The van der Waals surface area contributed by atoms with Crippen LogP contribution < -0.4 is 0 Å². The van der Waals surface area contributed by atoms with E-state index in [0.717, 1.165) is 13.2 Å². The molecule has 1 aromatic heterocycles. The average Bonchev–Trinajstić information content (AvgIpc) is 2.91. The van der Waals surface area contributed by atoms with E-state index >= 15 is 0 Å². The Kier molecular flexibility index (Phi) is 3.85. The van der Waals surface area contributed by atoms with Gasteiger partial charge < -0.3 is 9.72 Å². The molecule has 2 aromatic rings. The average molecular weight is 258 g/mol. The molecule has 1 N–H and O–H groups in total. The Morgan fingerprint density at radius 1 is 1.32 bits per heavy atom. The number of rotatable bonds is 4. The van der Waals surface area contributed by atoms with E-state index in [0.29, 0.717) is 6.04 Å². The fraction of sp³-hybridized carbons (Fsp3) is 0.500. The van der Waals surface area contributed by atoms with Crippen molar-refractivity contribution < 1.29 is 4.74 Å². The fourth-order valence-electron chi connectivity index (χ4n) is 3.16. The van der Waals surface area contributed by atoms with Crippen LogP contribution in [0.15, 0.2) is 30.5 Å². The van der Waals surface area contributed by atoms with Crippen molar-refractivity contribution in [3.63, 3.8) is 0 Å². The van der Waals surface area contributed by atoms with Crippen LogP contribution in [0.4, 0.5) is 0 Å². The largest absolute Gasteiger partial charge is 0.383 e. The lowest BCUT2D eigenvalue weighted by Gasteiger charge is -2.35. The third-order valence-corrected chi connectivity index (χ3v) is 4.17. The van der Waals surface area contributed by atoms with Crippen LogP contribution in [0, 0.1) is 0 Å².